The Labute approximate surface area is 159 Å². The highest BCUT2D eigenvalue weighted by molar-refractivity contribution is 7.15. The van der Waals surface area contributed by atoms with E-state index in [1.807, 2.05) is 19.1 Å². The van der Waals surface area contributed by atoms with Crippen molar-refractivity contribution in [1.82, 2.24) is 15.1 Å². The number of nitrogens with zero attached hydrogens (tertiary/aromatic N) is 4. The maximum atomic E-state index is 12.4. The summed E-state index contributed by atoms with van der Waals surface area (Å²) in [5, 5.41) is 13.7. The summed E-state index contributed by atoms with van der Waals surface area (Å²) in [4.78, 5) is 16.8. The fraction of sp³-hybridized carbons (Fsp3) is 0.526. The monoisotopic (exact) mass is 373 g/mol. The molecule has 1 fully saturated rings. The molecular weight excluding hydrogens is 346 g/mol. The maximum absolute atomic E-state index is 12.4. The Morgan fingerprint density at radius 3 is 2.58 bits per heavy atom. The summed E-state index contributed by atoms with van der Waals surface area (Å²) in [6.45, 7) is 12.3. The van der Waals surface area contributed by atoms with Gasteiger partial charge in [-0.25, -0.2) is 0 Å². The van der Waals surface area contributed by atoms with Gasteiger partial charge in [-0.2, -0.15) is 0 Å². The van der Waals surface area contributed by atoms with E-state index in [9.17, 15) is 4.79 Å². The number of amides is 1. The van der Waals surface area contributed by atoms with Gasteiger partial charge in [0.05, 0.1) is 6.54 Å². The zero-order chi connectivity index (χ0) is 18.7. The van der Waals surface area contributed by atoms with Gasteiger partial charge in [-0.15, -0.1) is 10.2 Å². The Morgan fingerprint density at radius 1 is 1.19 bits per heavy atom. The van der Waals surface area contributed by atoms with Gasteiger partial charge in [-0.05, 0) is 31.0 Å². The van der Waals surface area contributed by atoms with Crippen molar-refractivity contribution in [2.45, 2.75) is 33.6 Å². The lowest BCUT2D eigenvalue weighted by atomic mass is 10.1. The minimum Gasteiger partial charge on any atom is -0.344 e. The Hall–Kier alpha value is -1.99. The van der Waals surface area contributed by atoms with E-state index >= 15 is 0 Å². The highest BCUT2D eigenvalue weighted by Crippen LogP contribution is 2.26. The second-order valence-electron chi connectivity index (χ2n) is 7.14. The molecule has 1 aliphatic rings. The molecule has 6 nitrogen and oxygen atoms in total. The first-order valence-electron chi connectivity index (χ1n) is 9.11. The lowest BCUT2D eigenvalue weighted by Gasteiger charge is -2.33. The third kappa shape index (κ3) is 4.40. The molecule has 0 atom stereocenters. The van der Waals surface area contributed by atoms with Crippen LogP contribution in [0.5, 0.6) is 0 Å². The highest BCUT2D eigenvalue weighted by atomic mass is 32.1. The third-order valence-corrected chi connectivity index (χ3v) is 6.10. The van der Waals surface area contributed by atoms with Crippen LogP contribution in [-0.4, -0.2) is 53.7 Å². The quantitative estimate of drug-likeness (QED) is 0.873. The van der Waals surface area contributed by atoms with Crippen LogP contribution in [-0.2, 0) is 4.79 Å². The van der Waals surface area contributed by atoms with Gasteiger partial charge < -0.3 is 10.2 Å². The standard InChI is InChI=1S/C19H27N5OS/c1-13(2)18-21-22-19(26-18)24-10-8-23(9-11-24)12-17(25)20-16-7-5-6-14(3)15(16)4/h5-7,13H,8-12H2,1-4H3,(H,20,25). The average molecular weight is 374 g/mol. The third-order valence-electron chi connectivity index (χ3n) is 4.81. The normalized spacial score (nSPS) is 15.5. The van der Waals surface area contributed by atoms with Crippen molar-refractivity contribution >= 4 is 28.1 Å². The lowest BCUT2D eigenvalue weighted by Crippen LogP contribution is -2.48. The number of carbonyl (C=O) groups excluding carboxylic acids is 1. The number of benzene rings is 1. The molecule has 7 heteroatoms. The maximum Gasteiger partial charge on any atom is 0.238 e. The molecule has 1 N–H and O–H groups in total. The molecular formula is C19H27N5OS. The smallest absolute Gasteiger partial charge is 0.238 e. The van der Waals surface area contributed by atoms with E-state index in [4.69, 9.17) is 0 Å². The number of carbonyl (C=O) groups is 1. The van der Waals surface area contributed by atoms with Crippen molar-refractivity contribution < 1.29 is 4.79 Å². The number of aromatic nitrogens is 2. The summed E-state index contributed by atoms with van der Waals surface area (Å²) in [5.41, 5.74) is 3.22. The molecule has 1 aromatic heterocycles. The molecule has 0 bridgehead atoms. The van der Waals surface area contributed by atoms with E-state index in [-0.39, 0.29) is 5.91 Å². The van der Waals surface area contributed by atoms with Crippen molar-refractivity contribution in [1.29, 1.82) is 0 Å². The fourth-order valence-corrected chi connectivity index (χ4v) is 3.86. The van der Waals surface area contributed by atoms with Crippen molar-refractivity contribution in [3.63, 3.8) is 0 Å². The van der Waals surface area contributed by atoms with Gasteiger partial charge in [-0.3, -0.25) is 9.69 Å². The largest absolute Gasteiger partial charge is 0.344 e. The summed E-state index contributed by atoms with van der Waals surface area (Å²) in [6.07, 6.45) is 0. The number of anilines is 2. The van der Waals surface area contributed by atoms with Crippen molar-refractivity contribution in [2.75, 3.05) is 42.9 Å². The van der Waals surface area contributed by atoms with Gasteiger partial charge in [0, 0.05) is 37.8 Å². The molecule has 2 heterocycles. The average Bonchev–Trinajstić information content (AvgIpc) is 3.10. The number of hydrogen-bond donors (Lipinski definition) is 1. The molecule has 0 spiro atoms. The molecule has 0 saturated carbocycles. The van der Waals surface area contributed by atoms with E-state index in [0.29, 0.717) is 12.5 Å². The number of hydrogen-bond acceptors (Lipinski definition) is 6. The molecule has 140 valence electrons. The molecule has 1 saturated heterocycles. The zero-order valence-corrected chi connectivity index (χ0v) is 16.8. The number of piperazine rings is 1. The van der Waals surface area contributed by atoms with Crippen molar-refractivity contribution in [2.24, 2.45) is 0 Å². The van der Waals surface area contributed by atoms with Gasteiger partial charge in [0.2, 0.25) is 11.0 Å². The van der Waals surface area contributed by atoms with Crippen LogP contribution in [0.1, 0.15) is 35.9 Å². The molecule has 2 aromatic rings. The lowest BCUT2D eigenvalue weighted by molar-refractivity contribution is -0.117. The Bertz CT molecular complexity index is 765. The molecule has 26 heavy (non-hydrogen) atoms. The van der Waals surface area contributed by atoms with Crippen molar-refractivity contribution in [3.05, 3.63) is 34.3 Å². The predicted octanol–water partition coefficient (Wildman–Crippen LogP) is 3.04. The van der Waals surface area contributed by atoms with Crippen LogP contribution in [0.3, 0.4) is 0 Å². The number of rotatable bonds is 5. The molecule has 3 rings (SSSR count). The first kappa shape index (κ1) is 18.8. The minimum absolute atomic E-state index is 0.0464. The van der Waals surface area contributed by atoms with Gasteiger partial charge in [0.25, 0.3) is 0 Å². The Kier molecular flexibility index (Phi) is 5.88. The molecule has 1 aliphatic heterocycles. The van der Waals surface area contributed by atoms with E-state index in [1.54, 1.807) is 11.3 Å². The summed E-state index contributed by atoms with van der Waals surface area (Å²) in [7, 11) is 0. The second kappa shape index (κ2) is 8.14. The highest BCUT2D eigenvalue weighted by Gasteiger charge is 2.22. The minimum atomic E-state index is 0.0464. The summed E-state index contributed by atoms with van der Waals surface area (Å²) < 4.78 is 0. The first-order chi connectivity index (χ1) is 12.4. The fourth-order valence-electron chi connectivity index (χ4n) is 2.96. The summed E-state index contributed by atoms with van der Waals surface area (Å²) in [5.74, 6) is 0.460. The van der Waals surface area contributed by atoms with Gasteiger partial charge in [-0.1, -0.05) is 37.3 Å². The van der Waals surface area contributed by atoms with Gasteiger partial charge >= 0.3 is 0 Å². The first-order valence-corrected chi connectivity index (χ1v) is 9.92. The predicted molar refractivity (Wildman–Crippen MR) is 107 cm³/mol. The SMILES string of the molecule is Cc1cccc(NC(=O)CN2CCN(c3nnc(C(C)C)s3)CC2)c1C. The molecule has 1 amide bonds. The Morgan fingerprint density at radius 2 is 1.92 bits per heavy atom. The van der Waals surface area contributed by atoms with Crippen LogP contribution < -0.4 is 10.2 Å². The zero-order valence-electron chi connectivity index (χ0n) is 16.0. The van der Waals surface area contributed by atoms with Crippen molar-refractivity contribution in [3.8, 4) is 0 Å². The topological polar surface area (TPSA) is 61.4 Å². The number of nitrogens with one attached hydrogen (secondary N) is 1. The van der Waals surface area contributed by atoms with E-state index in [1.165, 1.54) is 5.56 Å². The molecule has 0 aliphatic carbocycles. The number of aryl methyl sites for hydroxylation is 1. The Balaban J connectivity index is 1.50. The van der Waals surface area contributed by atoms with E-state index in [0.717, 1.165) is 47.6 Å². The van der Waals surface area contributed by atoms with Crippen LogP contribution in [0.15, 0.2) is 18.2 Å². The van der Waals surface area contributed by atoms with E-state index < -0.39 is 0 Å². The van der Waals surface area contributed by atoms with Gasteiger partial charge in [0.1, 0.15) is 5.01 Å². The summed E-state index contributed by atoms with van der Waals surface area (Å²) in [6, 6.07) is 5.99. The summed E-state index contributed by atoms with van der Waals surface area (Å²) >= 11 is 1.67. The van der Waals surface area contributed by atoms with Crippen LogP contribution in [0.2, 0.25) is 0 Å². The van der Waals surface area contributed by atoms with Crippen LogP contribution >= 0.6 is 11.3 Å². The van der Waals surface area contributed by atoms with E-state index in [2.05, 4.69) is 52.2 Å². The van der Waals surface area contributed by atoms with Crippen LogP contribution in [0.4, 0.5) is 10.8 Å². The molecule has 0 radical (unpaired) electrons. The van der Waals surface area contributed by atoms with Gasteiger partial charge in [0.15, 0.2) is 0 Å². The van der Waals surface area contributed by atoms with Crippen LogP contribution in [0, 0.1) is 13.8 Å². The molecule has 1 aromatic carbocycles. The molecule has 0 unspecified atom stereocenters. The second-order valence-corrected chi connectivity index (χ2v) is 8.12. The van der Waals surface area contributed by atoms with Crippen LogP contribution in [0.25, 0.3) is 0 Å².